The van der Waals surface area contributed by atoms with Crippen molar-refractivity contribution in [2.24, 2.45) is 0 Å². The summed E-state index contributed by atoms with van der Waals surface area (Å²) in [6, 6.07) is 21.9. The van der Waals surface area contributed by atoms with Crippen molar-refractivity contribution in [3.8, 4) is 5.75 Å². The minimum Gasteiger partial charge on any atom is -0.497 e. The summed E-state index contributed by atoms with van der Waals surface area (Å²) in [4.78, 5) is 19.9. The quantitative estimate of drug-likeness (QED) is 0.442. The third-order valence-corrected chi connectivity index (χ3v) is 6.15. The van der Waals surface area contributed by atoms with Gasteiger partial charge in [-0.05, 0) is 48.2 Å². The lowest BCUT2D eigenvalue weighted by Gasteiger charge is -2.24. The number of amides is 1. The third-order valence-electron chi connectivity index (χ3n) is 6.15. The van der Waals surface area contributed by atoms with Gasteiger partial charge in [-0.3, -0.25) is 9.89 Å². The van der Waals surface area contributed by atoms with E-state index in [9.17, 15) is 4.79 Å². The van der Waals surface area contributed by atoms with Gasteiger partial charge in [0.05, 0.1) is 30.7 Å². The topological polar surface area (TPSA) is 83.1 Å². The van der Waals surface area contributed by atoms with E-state index in [-0.39, 0.29) is 11.9 Å². The van der Waals surface area contributed by atoms with Crippen LogP contribution in [0.2, 0.25) is 0 Å². The number of pyridine rings is 1. The van der Waals surface area contributed by atoms with Gasteiger partial charge in [0, 0.05) is 13.1 Å². The summed E-state index contributed by atoms with van der Waals surface area (Å²) in [6.07, 6.45) is 2.24. The van der Waals surface area contributed by atoms with Gasteiger partial charge in [-0.25, -0.2) is 4.98 Å². The van der Waals surface area contributed by atoms with Crippen molar-refractivity contribution in [1.29, 1.82) is 0 Å². The molecule has 7 heteroatoms. The van der Waals surface area contributed by atoms with Gasteiger partial charge in [0.1, 0.15) is 5.75 Å². The number of carbonyl (C=O) groups is 1. The summed E-state index contributed by atoms with van der Waals surface area (Å²) >= 11 is 0. The van der Waals surface area contributed by atoms with Crippen molar-refractivity contribution in [2.45, 2.75) is 31.8 Å². The molecule has 168 valence electrons. The molecule has 5 rings (SSSR count). The van der Waals surface area contributed by atoms with Gasteiger partial charge in [0.25, 0.3) is 0 Å². The van der Waals surface area contributed by atoms with Crippen molar-refractivity contribution < 1.29 is 9.53 Å². The van der Waals surface area contributed by atoms with Gasteiger partial charge in [-0.15, -0.1) is 0 Å². The Hall–Kier alpha value is -3.87. The molecule has 1 saturated heterocycles. The van der Waals surface area contributed by atoms with Gasteiger partial charge in [-0.1, -0.05) is 42.5 Å². The molecule has 1 atom stereocenters. The minimum absolute atomic E-state index is 0.0171. The fourth-order valence-corrected chi connectivity index (χ4v) is 4.45. The lowest BCUT2D eigenvalue weighted by Crippen LogP contribution is -2.32. The summed E-state index contributed by atoms with van der Waals surface area (Å²) in [5.41, 5.74) is 3.78. The molecule has 2 aromatic heterocycles. The van der Waals surface area contributed by atoms with Crippen molar-refractivity contribution in [2.75, 3.05) is 19.0 Å². The number of likely N-dealkylation sites (tertiary alicyclic amines) is 1. The molecule has 2 aromatic carbocycles. The molecule has 1 amide bonds. The largest absolute Gasteiger partial charge is 0.497 e. The molecule has 1 fully saturated rings. The molecule has 1 aliphatic heterocycles. The molecule has 0 saturated carbocycles. The Balaban J connectivity index is 1.31. The Morgan fingerprint density at radius 1 is 1.12 bits per heavy atom. The second kappa shape index (κ2) is 9.32. The number of nitrogens with one attached hydrogen (secondary N) is 2. The number of hydrogen-bond acceptors (Lipinski definition) is 5. The average Bonchev–Trinajstić information content (AvgIpc) is 3.50. The van der Waals surface area contributed by atoms with Gasteiger partial charge in [-0.2, -0.15) is 5.10 Å². The molecule has 2 N–H and O–H groups in total. The molecule has 33 heavy (non-hydrogen) atoms. The van der Waals surface area contributed by atoms with E-state index >= 15 is 0 Å². The predicted molar refractivity (Wildman–Crippen MR) is 128 cm³/mol. The molecule has 0 spiro atoms. The smallest absolute Gasteiger partial charge is 0.227 e. The molecule has 4 aromatic rings. The number of fused-ring (bicyclic) bond motifs is 1. The first-order valence-electron chi connectivity index (χ1n) is 11.3. The Morgan fingerprint density at radius 2 is 1.97 bits per heavy atom. The van der Waals surface area contributed by atoms with Crippen LogP contribution in [0.25, 0.3) is 11.0 Å². The second-order valence-electron chi connectivity index (χ2n) is 8.32. The monoisotopic (exact) mass is 441 g/mol. The Morgan fingerprint density at radius 3 is 2.82 bits per heavy atom. The first-order valence-corrected chi connectivity index (χ1v) is 11.3. The number of benzene rings is 2. The normalized spacial score (nSPS) is 15.7. The number of carbonyl (C=O) groups excluding carboxylic acids is 1. The average molecular weight is 442 g/mol. The van der Waals surface area contributed by atoms with Crippen LogP contribution in [0.3, 0.4) is 0 Å². The van der Waals surface area contributed by atoms with E-state index in [2.05, 4.69) is 27.6 Å². The van der Waals surface area contributed by atoms with E-state index in [1.54, 1.807) is 7.11 Å². The maximum Gasteiger partial charge on any atom is 0.227 e. The third kappa shape index (κ3) is 4.53. The van der Waals surface area contributed by atoms with Crippen LogP contribution in [-0.2, 0) is 17.8 Å². The Bertz CT molecular complexity index is 1250. The standard InChI is InChI=1S/C26H27N5O2/c1-33-20-10-5-9-19(15-20)16-24(32)31-14-6-11-23(31)22-13-12-21-25(29-30-26(21)28-22)27-17-18-7-3-2-4-8-18/h2-5,7-10,12-13,15,23H,6,11,14,16-17H2,1H3,(H2,27,28,29,30)/t23-/m1/s1. The van der Waals surface area contributed by atoms with Gasteiger partial charge in [0.2, 0.25) is 5.91 Å². The molecule has 1 aliphatic rings. The molecule has 0 radical (unpaired) electrons. The van der Waals surface area contributed by atoms with Gasteiger partial charge in [0.15, 0.2) is 11.5 Å². The highest BCUT2D eigenvalue weighted by Crippen LogP contribution is 2.33. The zero-order valence-electron chi connectivity index (χ0n) is 18.6. The van der Waals surface area contributed by atoms with Crippen LogP contribution < -0.4 is 10.1 Å². The van der Waals surface area contributed by atoms with Gasteiger partial charge < -0.3 is 15.0 Å². The maximum atomic E-state index is 13.1. The van der Waals surface area contributed by atoms with E-state index in [1.165, 1.54) is 5.56 Å². The van der Waals surface area contributed by atoms with Crippen LogP contribution in [0.1, 0.15) is 35.7 Å². The van der Waals surface area contributed by atoms with Crippen LogP contribution in [-0.4, -0.2) is 39.6 Å². The number of aromatic amines is 1. The summed E-state index contributed by atoms with van der Waals surface area (Å²) in [7, 11) is 1.64. The summed E-state index contributed by atoms with van der Waals surface area (Å²) < 4.78 is 5.29. The van der Waals surface area contributed by atoms with Crippen molar-refractivity contribution in [1.82, 2.24) is 20.1 Å². The summed E-state index contributed by atoms with van der Waals surface area (Å²) in [6.45, 7) is 1.44. The number of methoxy groups -OCH3 is 1. The summed E-state index contributed by atoms with van der Waals surface area (Å²) in [5.74, 6) is 1.66. The fourth-order valence-electron chi connectivity index (χ4n) is 4.45. The SMILES string of the molecule is COc1cccc(CC(=O)N2CCC[C@@H]2c2ccc3c(NCc4ccccc4)n[nH]c3n2)c1. The van der Waals surface area contributed by atoms with Crippen LogP contribution in [0.4, 0.5) is 5.82 Å². The highest BCUT2D eigenvalue weighted by Gasteiger charge is 2.31. The number of anilines is 1. The first kappa shape index (κ1) is 21.0. The number of nitrogens with zero attached hydrogens (tertiary/aromatic N) is 3. The van der Waals surface area contributed by atoms with Gasteiger partial charge >= 0.3 is 0 Å². The first-order chi connectivity index (χ1) is 16.2. The minimum atomic E-state index is -0.0171. The fraction of sp³-hybridized carbons (Fsp3) is 0.269. The Labute approximate surface area is 192 Å². The van der Waals surface area contributed by atoms with Crippen molar-refractivity contribution in [3.05, 3.63) is 83.6 Å². The number of rotatable bonds is 7. The molecular formula is C26H27N5O2. The molecule has 0 unspecified atom stereocenters. The number of hydrogen-bond donors (Lipinski definition) is 2. The number of H-pyrrole nitrogens is 1. The highest BCUT2D eigenvalue weighted by atomic mass is 16.5. The maximum absolute atomic E-state index is 13.1. The zero-order valence-corrected chi connectivity index (χ0v) is 18.6. The van der Waals surface area contributed by atoms with E-state index in [1.807, 2.05) is 59.5 Å². The second-order valence-corrected chi connectivity index (χ2v) is 8.32. The molecule has 7 nitrogen and oxygen atoms in total. The molecule has 0 bridgehead atoms. The van der Waals surface area contributed by atoms with Crippen LogP contribution in [0.15, 0.2) is 66.7 Å². The molecular weight excluding hydrogens is 414 g/mol. The van der Waals surface area contributed by atoms with Crippen molar-refractivity contribution in [3.63, 3.8) is 0 Å². The molecule has 3 heterocycles. The van der Waals surface area contributed by atoms with Crippen molar-refractivity contribution >= 4 is 22.8 Å². The van der Waals surface area contributed by atoms with Crippen LogP contribution in [0, 0.1) is 0 Å². The van der Waals surface area contributed by atoms with E-state index in [0.717, 1.165) is 53.2 Å². The van der Waals surface area contributed by atoms with E-state index in [0.29, 0.717) is 13.0 Å². The van der Waals surface area contributed by atoms with E-state index in [4.69, 9.17) is 9.72 Å². The summed E-state index contributed by atoms with van der Waals surface area (Å²) in [5, 5.41) is 11.8. The predicted octanol–water partition coefficient (Wildman–Crippen LogP) is 4.48. The lowest BCUT2D eigenvalue weighted by atomic mass is 10.1. The van der Waals surface area contributed by atoms with E-state index < -0.39 is 0 Å². The molecule has 0 aliphatic carbocycles. The van der Waals surface area contributed by atoms with Crippen LogP contribution in [0.5, 0.6) is 5.75 Å². The highest BCUT2D eigenvalue weighted by molar-refractivity contribution is 5.87. The Kier molecular flexibility index (Phi) is 5.93. The van der Waals surface area contributed by atoms with Crippen LogP contribution >= 0.6 is 0 Å². The number of aromatic nitrogens is 3. The lowest BCUT2D eigenvalue weighted by molar-refractivity contribution is -0.131. The zero-order chi connectivity index (χ0) is 22.6. The number of ether oxygens (including phenoxy) is 1.